The van der Waals surface area contributed by atoms with Crippen LogP contribution in [0.5, 0.6) is 0 Å². The topological polar surface area (TPSA) is 29.1 Å². The highest BCUT2D eigenvalue weighted by molar-refractivity contribution is 5.77. The van der Waals surface area contributed by atoms with Crippen molar-refractivity contribution in [2.45, 2.75) is 45.6 Å². The van der Waals surface area contributed by atoms with Gasteiger partial charge in [-0.05, 0) is 37.0 Å². The zero-order valence-corrected chi connectivity index (χ0v) is 8.55. The molecule has 74 valence electrons. The van der Waals surface area contributed by atoms with E-state index in [1.807, 2.05) is 0 Å². The first-order valence-electron chi connectivity index (χ1n) is 5.46. The van der Waals surface area contributed by atoms with Gasteiger partial charge >= 0.3 is 0 Å². The fraction of sp³-hybridized carbons (Fsp3) is 0.909. The molecule has 13 heavy (non-hydrogen) atoms. The Hall–Kier alpha value is -0.530. The standard InChI is InChI=1S/C11H19NO/c1-7-5-8(2)11-9(6-7)3-4-10(13)12-11/h7-9,11H,3-6H2,1-2H3,(H,12,13). The van der Waals surface area contributed by atoms with Gasteiger partial charge < -0.3 is 5.32 Å². The number of carbonyl (C=O) groups excluding carboxylic acids is 1. The Bertz CT molecular complexity index is 214. The number of nitrogens with one attached hydrogen (secondary N) is 1. The van der Waals surface area contributed by atoms with E-state index in [0.29, 0.717) is 12.0 Å². The van der Waals surface area contributed by atoms with Crippen molar-refractivity contribution in [2.24, 2.45) is 17.8 Å². The number of rotatable bonds is 0. The summed E-state index contributed by atoms with van der Waals surface area (Å²) < 4.78 is 0. The Morgan fingerprint density at radius 3 is 2.85 bits per heavy atom. The fourth-order valence-corrected chi connectivity index (χ4v) is 3.14. The summed E-state index contributed by atoms with van der Waals surface area (Å²) in [5.74, 6) is 2.56. The number of piperidine rings is 1. The van der Waals surface area contributed by atoms with Gasteiger partial charge in [0.1, 0.15) is 0 Å². The number of amides is 1. The predicted octanol–water partition coefficient (Wildman–Crippen LogP) is 1.95. The number of fused-ring (bicyclic) bond motifs is 1. The Morgan fingerprint density at radius 1 is 1.31 bits per heavy atom. The third-order valence-electron chi connectivity index (χ3n) is 3.67. The molecular weight excluding hydrogens is 162 g/mol. The largest absolute Gasteiger partial charge is 0.353 e. The minimum Gasteiger partial charge on any atom is -0.353 e. The molecule has 0 bridgehead atoms. The minimum atomic E-state index is 0.266. The quantitative estimate of drug-likeness (QED) is 0.608. The second-order valence-corrected chi connectivity index (χ2v) is 4.95. The highest BCUT2D eigenvalue weighted by Gasteiger charge is 2.37. The lowest BCUT2D eigenvalue weighted by atomic mass is 9.70. The van der Waals surface area contributed by atoms with E-state index in [1.54, 1.807) is 0 Å². The molecule has 1 N–H and O–H groups in total. The number of hydrogen-bond donors (Lipinski definition) is 1. The molecule has 2 heteroatoms. The van der Waals surface area contributed by atoms with Crippen LogP contribution in [0.25, 0.3) is 0 Å². The number of carbonyl (C=O) groups is 1. The highest BCUT2D eigenvalue weighted by atomic mass is 16.1. The van der Waals surface area contributed by atoms with E-state index in [-0.39, 0.29) is 5.91 Å². The van der Waals surface area contributed by atoms with Crippen LogP contribution in [0.15, 0.2) is 0 Å². The zero-order chi connectivity index (χ0) is 9.42. The molecule has 0 spiro atoms. The summed E-state index contributed by atoms with van der Waals surface area (Å²) in [5.41, 5.74) is 0. The average Bonchev–Trinajstić information content (AvgIpc) is 2.06. The van der Waals surface area contributed by atoms with Crippen LogP contribution in [0, 0.1) is 17.8 Å². The van der Waals surface area contributed by atoms with Crippen LogP contribution in [0.3, 0.4) is 0 Å². The molecule has 1 saturated carbocycles. The van der Waals surface area contributed by atoms with E-state index >= 15 is 0 Å². The SMILES string of the molecule is CC1CC(C)C2NC(=O)CCC2C1. The van der Waals surface area contributed by atoms with Crippen LogP contribution in [0.4, 0.5) is 0 Å². The van der Waals surface area contributed by atoms with E-state index in [0.717, 1.165) is 24.7 Å². The molecule has 0 aromatic heterocycles. The third-order valence-corrected chi connectivity index (χ3v) is 3.67. The maximum absolute atomic E-state index is 11.2. The predicted molar refractivity (Wildman–Crippen MR) is 52.2 cm³/mol. The van der Waals surface area contributed by atoms with Crippen LogP contribution in [0.1, 0.15) is 39.5 Å². The van der Waals surface area contributed by atoms with Gasteiger partial charge in [-0.15, -0.1) is 0 Å². The van der Waals surface area contributed by atoms with Gasteiger partial charge in [0.15, 0.2) is 0 Å². The molecule has 0 aromatic rings. The molecule has 2 fully saturated rings. The van der Waals surface area contributed by atoms with Crippen molar-refractivity contribution in [3.05, 3.63) is 0 Å². The van der Waals surface area contributed by atoms with Crippen molar-refractivity contribution in [1.29, 1.82) is 0 Å². The molecule has 2 aliphatic rings. The first kappa shape index (κ1) is 9.04. The lowest BCUT2D eigenvalue weighted by Gasteiger charge is -2.42. The minimum absolute atomic E-state index is 0.266. The molecule has 0 aromatic carbocycles. The van der Waals surface area contributed by atoms with Gasteiger partial charge in [-0.25, -0.2) is 0 Å². The summed E-state index contributed by atoms with van der Waals surface area (Å²) in [4.78, 5) is 11.2. The van der Waals surface area contributed by atoms with Crippen LogP contribution in [-0.2, 0) is 4.79 Å². The van der Waals surface area contributed by atoms with Crippen LogP contribution >= 0.6 is 0 Å². The Balaban J connectivity index is 2.06. The average molecular weight is 181 g/mol. The summed E-state index contributed by atoms with van der Waals surface area (Å²) in [6, 6.07) is 0.484. The van der Waals surface area contributed by atoms with Gasteiger partial charge in [0, 0.05) is 12.5 Å². The lowest BCUT2D eigenvalue weighted by molar-refractivity contribution is -0.126. The van der Waals surface area contributed by atoms with Crippen molar-refractivity contribution in [2.75, 3.05) is 0 Å². The second kappa shape index (κ2) is 3.32. The normalized spacial score (nSPS) is 45.2. The zero-order valence-electron chi connectivity index (χ0n) is 8.55. The summed E-state index contributed by atoms with van der Waals surface area (Å²) in [6.07, 6.45) is 4.46. The molecule has 2 rings (SSSR count). The summed E-state index contributed by atoms with van der Waals surface area (Å²) in [5, 5.41) is 3.15. The van der Waals surface area contributed by atoms with Crippen molar-refractivity contribution < 1.29 is 4.79 Å². The Morgan fingerprint density at radius 2 is 2.08 bits per heavy atom. The Kier molecular flexibility index (Phi) is 2.31. The monoisotopic (exact) mass is 181 g/mol. The van der Waals surface area contributed by atoms with Gasteiger partial charge in [-0.1, -0.05) is 13.8 Å². The maximum atomic E-state index is 11.2. The molecule has 4 atom stereocenters. The van der Waals surface area contributed by atoms with Crippen LogP contribution in [0.2, 0.25) is 0 Å². The van der Waals surface area contributed by atoms with Crippen LogP contribution in [-0.4, -0.2) is 11.9 Å². The van der Waals surface area contributed by atoms with Gasteiger partial charge in [-0.2, -0.15) is 0 Å². The smallest absolute Gasteiger partial charge is 0.220 e. The molecule has 1 amide bonds. The first-order chi connectivity index (χ1) is 6.16. The van der Waals surface area contributed by atoms with Crippen molar-refractivity contribution in [1.82, 2.24) is 5.32 Å². The van der Waals surface area contributed by atoms with E-state index in [1.165, 1.54) is 12.8 Å². The lowest BCUT2D eigenvalue weighted by Crippen LogP contribution is -2.51. The maximum Gasteiger partial charge on any atom is 0.220 e. The molecule has 1 heterocycles. The van der Waals surface area contributed by atoms with Gasteiger partial charge in [0.05, 0.1) is 0 Å². The van der Waals surface area contributed by atoms with E-state index < -0.39 is 0 Å². The van der Waals surface area contributed by atoms with Crippen molar-refractivity contribution >= 4 is 5.91 Å². The molecular formula is C11H19NO. The summed E-state index contributed by atoms with van der Waals surface area (Å²) >= 11 is 0. The van der Waals surface area contributed by atoms with E-state index in [4.69, 9.17) is 0 Å². The van der Waals surface area contributed by atoms with Gasteiger partial charge in [-0.3, -0.25) is 4.79 Å². The van der Waals surface area contributed by atoms with Crippen molar-refractivity contribution in [3.8, 4) is 0 Å². The fourth-order valence-electron chi connectivity index (χ4n) is 3.14. The molecule has 1 aliphatic heterocycles. The Labute approximate surface area is 80.1 Å². The summed E-state index contributed by atoms with van der Waals surface area (Å²) in [6.45, 7) is 4.61. The molecule has 0 radical (unpaired) electrons. The van der Waals surface area contributed by atoms with Crippen LogP contribution < -0.4 is 5.32 Å². The van der Waals surface area contributed by atoms with Gasteiger partial charge in [0.25, 0.3) is 0 Å². The van der Waals surface area contributed by atoms with E-state index in [9.17, 15) is 4.79 Å². The molecule has 1 aliphatic carbocycles. The van der Waals surface area contributed by atoms with E-state index in [2.05, 4.69) is 19.2 Å². The highest BCUT2D eigenvalue weighted by Crippen LogP contribution is 2.37. The second-order valence-electron chi connectivity index (χ2n) is 4.95. The van der Waals surface area contributed by atoms with Gasteiger partial charge in [0.2, 0.25) is 5.91 Å². The van der Waals surface area contributed by atoms with Crippen molar-refractivity contribution in [3.63, 3.8) is 0 Å². The third kappa shape index (κ3) is 1.72. The molecule has 1 saturated heterocycles. The number of hydrogen-bond acceptors (Lipinski definition) is 1. The molecule has 4 unspecified atom stereocenters. The molecule has 2 nitrogen and oxygen atoms in total. The summed E-state index contributed by atoms with van der Waals surface area (Å²) in [7, 11) is 0. The first-order valence-corrected chi connectivity index (χ1v) is 5.46.